The SMILES string of the molecule is Oc1ccc(Cl)cc1/C=C/c1ccccn1. The molecule has 0 radical (unpaired) electrons. The molecule has 2 nitrogen and oxygen atoms in total. The lowest BCUT2D eigenvalue weighted by Crippen LogP contribution is -1.78. The Hall–Kier alpha value is -1.80. The number of phenolic OH excluding ortho intramolecular Hbond substituents is 1. The number of pyridine rings is 1. The molecular weight excluding hydrogens is 222 g/mol. The Labute approximate surface area is 98.8 Å². The van der Waals surface area contributed by atoms with Gasteiger partial charge in [0.15, 0.2) is 0 Å². The van der Waals surface area contributed by atoms with E-state index >= 15 is 0 Å². The molecule has 0 aliphatic heterocycles. The summed E-state index contributed by atoms with van der Waals surface area (Å²) in [5.74, 6) is 0.205. The van der Waals surface area contributed by atoms with Gasteiger partial charge in [-0.25, -0.2) is 0 Å². The van der Waals surface area contributed by atoms with Crippen LogP contribution in [0.15, 0.2) is 42.6 Å². The number of halogens is 1. The summed E-state index contributed by atoms with van der Waals surface area (Å²) >= 11 is 5.84. The van der Waals surface area contributed by atoms with E-state index in [2.05, 4.69) is 4.98 Å². The van der Waals surface area contributed by atoms with Gasteiger partial charge in [0.1, 0.15) is 5.75 Å². The maximum Gasteiger partial charge on any atom is 0.122 e. The van der Waals surface area contributed by atoms with E-state index in [9.17, 15) is 5.11 Å². The second-order valence-electron chi connectivity index (χ2n) is 3.29. The minimum atomic E-state index is 0.205. The quantitative estimate of drug-likeness (QED) is 0.857. The number of benzene rings is 1. The molecule has 0 amide bonds. The van der Waals surface area contributed by atoms with Gasteiger partial charge in [0.2, 0.25) is 0 Å². The normalized spacial score (nSPS) is 10.8. The summed E-state index contributed by atoms with van der Waals surface area (Å²) in [6, 6.07) is 10.6. The molecule has 0 spiro atoms. The lowest BCUT2D eigenvalue weighted by molar-refractivity contribution is 0.474. The Bertz CT molecular complexity index is 509. The molecule has 1 aromatic heterocycles. The Morgan fingerprint density at radius 2 is 2.00 bits per heavy atom. The van der Waals surface area contributed by atoms with Crippen LogP contribution in [0.1, 0.15) is 11.3 Å². The van der Waals surface area contributed by atoms with Crippen molar-refractivity contribution in [3.63, 3.8) is 0 Å². The van der Waals surface area contributed by atoms with Crippen molar-refractivity contribution in [2.45, 2.75) is 0 Å². The van der Waals surface area contributed by atoms with Crippen molar-refractivity contribution < 1.29 is 5.11 Å². The van der Waals surface area contributed by atoms with Gasteiger partial charge in [-0.15, -0.1) is 0 Å². The number of hydrogen-bond acceptors (Lipinski definition) is 2. The highest BCUT2D eigenvalue weighted by molar-refractivity contribution is 6.30. The average molecular weight is 232 g/mol. The largest absolute Gasteiger partial charge is 0.507 e. The standard InChI is InChI=1S/C13H10ClNO/c14-11-5-7-13(16)10(9-11)4-6-12-3-1-2-8-15-12/h1-9,16H/b6-4+. The molecule has 3 heteroatoms. The average Bonchev–Trinajstić information content (AvgIpc) is 2.32. The zero-order valence-corrected chi connectivity index (χ0v) is 9.22. The van der Waals surface area contributed by atoms with Gasteiger partial charge in [0, 0.05) is 16.8 Å². The number of nitrogens with zero attached hydrogens (tertiary/aromatic N) is 1. The fourth-order valence-corrected chi connectivity index (χ4v) is 1.49. The summed E-state index contributed by atoms with van der Waals surface area (Å²) in [4.78, 5) is 4.14. The molecule has 2 rings (SSSR count). The summed E-state index contributed by atoms with van der Waals surface area (Å²) in [5, 5.41) is 10.2. The van der Waals surface area contributed by atoms with E-state index in [0.29, 0.717) is 10.6 Å². The van der Waals surface area contributed by atoms with Crippen molar-refractivity contribution in [2.75, 3.05) is 0 Å². The van der Waals surface area contributed by atoms with Crippen molar-refractivity contribution in [1.29, 1.82) is 0 Å². The highest BCUT2D eigenvalue weighted by Gasteiger charge is 1.97. The molecule has 0 saturated carbocycles. The third-order valence-electron chi connectivity index (χ3n) is 2.11. The van der Waals surface area contributed by atoms with Crippen molar-refractivity contribution in [2.24, 2.45) is 0 Å². The number of aromatic hydroxyl groups is 1. The number of phenols is 1. The van der Waals surface area contributed by atoms with E-state index < -0.39 is 0 Å². The van der Waals surface area contributed by atoms with Gasteiger partial charge in [-0.3, -0.25) is 4.98 Å². The van der Waals surface area contributed by atoms with Crippen LogP contribution >= 0.6 is 11.6 Å². The zero-order valence-electron chi connectivity index (χ0n) is 8.47. The Kier molecular flexibility index (Phi) is 3.22. The summed E-state index contributed by atoms with van der Waals surface area (Å²) in [6.45, 7) is 0. The summed E-state index contributed by atoms with van der Waals surface area (Å²) < 4.78 is 0. The van der Waals surface area contributed by atoms with Gasteiger partial charge in [-0.05, 0) is 42.5 Å². The van der Waals surface area contributed by atoms with Gasteiger partial charge in [0.05, 0.1) is 5.69 Å². The molecule has 2 aromatic rings. The van der Waals surface area contributed by atoms with Crippen LogP contribution in [0.4, 0.5) is 0 Å². The van der Waals surface area contributed by atoms with Crippen molar-refractivity contribution in [3.8, 4) is 5.75 Å². The molecule has 80 valence electrons. The van der Waals surface area contributed by atoms with E-state index in [1.54, 1.807) is 30.5 Å². The molecule has 1 heterocycles. The topological polar surface area (TPSA) is 33.1 Å². The molecule has 0 bridgehead atoms. The Morgan fingerprint density at radius 3 is 2.75 bits per heavy atom. The van der Waals surface area contributed by atoms with Crippen LogP contribution in [0.3, 0.4) is 0 Å². The maximum absolute atomic E-state index is 9.58. The van der Waals surface area contributed by atoms with Gasteiger partial charge >= 0.3 is 0 Å². The minimum Gasteiger partial charge on any atom is -0.507 e. The van der Waals surface area contributed by atoms with Crippen molar-refractivity contribution >= 4 is 23.8 Å². The van der Waals surface area contributed by atoms with E-state index in [1.165, 1.54) is 0 Å². The summed E-state index contributed by atoms with van der Waals surface area (Å²) in [6.07, 6.45) is 5.33. The molecule has 0 saturated heterocycles. The monoisotopic (exact) mass is 231 g/mol. The lowest BCUT2D eigenvalue weighted by Gasteiger charge is -1.99. The second-order valence-corrected chi connectivity index (χ2v) is 3.73. The van der Waals surface area contributed by atoms with Crippen molar-refractivity contribution in [3.05, 3.63) is 58.9 Å². The summed E-state index contributed by atoms with van der Waals surface area (Å²) in [5.41, 5.74) is 1.51. The molecule has 16 heavy (non-hydrogen) atoms. The van der Waals surface area contributed by atoms with Crippen LogP contribution in [0.5, 0.6) is 5.75 Å². The molecule has 0 aliphatic rings. The molecule has 0 unspecified atom stereocenters. The van der Waals surface area contributed by atoms with E-state index in [1.807, 2.05) is 24.3 Å². The Morgan fingerprint density at radius 1 is 1.12 bits per heavy atom. The fourth-order valence-electron chi connectivity index (χ4n) is 1.31. The number of hydrogen-bond donors (Lipinski definition) is 1. The van der Waals surface area contributed by atoms with E-state index in [-0.39, 0.29) is 5.75 Å². The second kappa shape index (κ2) is 4.81. The third kappa shape index (κ3) is 2.61. The van der Waals surface area contributed by atoms with Gasteiger partial charge in [0.25, 0.3) is 0 Å². The van der Waals surface area contributed by atoms with Crippen LogP contribution in [-0.4, -0.2) is 10.1 Å². The van der Waals surface area contributed by atoms with Gasteiger partial charge < -0.3 is 5.11 Å². The highest BCUT2D eigenvalue weighted by Crippen LogP contribution is 2.23. The fraction of sp³-hybridized carbons (Fsp3) is 0. The van der Waals surface area contributed by atoms with Crippen LogP contribution in [-0.2, 0) is 0 Å². The Balaban J connectivity index is 2.27. The van der Waals surface area contributed by atoms with E-state index in [0.717, 1.165) is 5.69 Å². The lowest BCUT2D eigenvalue weighted by atomic mass is 10.1. The molecule has 0 atom stereocenters. The first-order valence-electron chi connectivity index (χ1n) is 4.83. The predicted molar refractivity (Wildman–Crippen MR) is 66.3 cm³/mol. The summed E-state index contributed by atoms with van der Waals surface area (Å²) in [7, 11) is 0. The maximum atomic E-state index is 9.58. The molecular formula is C13H10ClNO. The highest BCUT2D eigenvalue weighted by atomic mass is 35.5. The molecule has 0 aliphatic carbocycles. The van der Waals surface area contributed by atoms with Gasteiger partial charge in [-0.2, -0.15) is 0 Å². The number of rotatable bonds is 2. The minimum absolute atomic E-state index is 0.205. The zero-order chi connectivity index (χ0) is 11.4. The molecule has 1 N–H and O–H groups in total. The predicted octanol–water partition coefficient (Wildman–Crippen LogP) is 3.61. The van der Waals surface area contributed by atoms with Crippen LogP contribution in [0.25, 0.3) is 12.2 Å². The first kappa shape index (κ1) is 10.7. The first-order valence-corrected chi connectivity index (χ1v) is 5.21. The van der Waals surface area contributed by atoms with Crippen LogP contribution in [0, 0.1) is 0 Å². The molecule has 1 aromatic carbocycles. The van der Waals surface area contributed by atoms with E-state index in [4.69, 9.17) is 11.6 Å². The third-order valence-corrected chi connectivity index (χ3v) is 2.35. The van der Waals surface area contributed by atoms with Gasteiger partial charge in [-0.1, -0.05) is 17.7 Å². The van der Waals surface area contributed by atoms with Crippen molar-refractivity contribution in [1.82, 2.24) is 4.98 Å². The van der Waals surface area contributed by atoms with Crippen LogP contribution in [0.2, 0.25) is 5.02 Å². The smallest absolute Gasteiger partial charge is 0.122 e. The number of aromatic nitrogens is 1. The molecule has 0 fully saturated rings. The first-order chi connectivity index (χ1) is 7.75. The van der Waals surface area contributed by atoms with Crippen LogP contribution < -0.4 is 0 Å².